The highest BCUT2D eigenvalue weighted by Gasteiger charge is 1.98. The third-order valence-electron chi connectivity index (χ3n) is 2.26. The Labute approximate surface area is 90.2 Å². The van der Waals surface area contributed by atoms with Crippen LogP contribution in [0.4, 0.5) is 0 Å². The van der Waals surface area contributed by atoms with Crippen molar-refractivity contribution in [3.8, 4) is 0 Å². The Bertz CT molecular complexity index is 219. The van der Waals surface area contributed by atoms with Crippen molar-refractivity contribution in [2.75, 3.05) is 26.2 Å². The summed E-state index contributed by atoms with van der Waals surface area (Å²) in [5.41, 5.74) is 0. The van der Waals surface area contributed by atoms with Crippen molar-refractivity contribution in [3.63, 3.8) is 0 Å². The van der Waals surface area contributed by atoms with Gasteiger partial charge in [0.15, 0.2) is 0 Å². The van der Waals surface area contributed by atoms with E-state index in [2.05, 4.69) is 29.0 Å². The first kappa shape index (κ1) is 11.6. The van der Waals surface area contributed by atoms with E-state index < -0.39 is 0 Å². The zero-order valence-corrected chi connectivity index (χ0v) is 9.81. The van der Waals surface area contributed by atoms with Gasteiger partial charge in [-0.05, 0) is 13.1 Å². The van der Waals surface area contributed by atoms with Crippen LogP contribution in [0, 0.1) is 0 Å². The van der Waals surface area contributed by atoms with Crippen LogP contribution in [0.3, 0.4) is 0 Å². The molecule has 80 valence electrons. The van der Waals surface area contributed by atoms with Crippen LogP contribution < -0.4 is 5.32 Å². The Hall–Kier alpha value is -0.450. The van der Waals surface area contributed by atoms with E-state index in [1.165, 1.54) is 5.01 Å². The minimum absolute atomic E-state index is 0.902. The molecule has 0 bridgehead atoms. The van der Waals surface area contributed by atoms with Crippen molar-refractivity contribution < 1.29 is 0 Å². The average molecular weight is 213 g/mol. The number of thiazole rings is 1. The maximum Gasteiger partial charge on any atom is 0.106 e. The molecule has 0 aromatic carbocycles. The number of likely N-dealkylation sites (N-methyl/N-ethyl adjacent to an activating group) is 1. The highest BCUT2D eigenvalue weighted by atomic mass is 32.1. The van der Waals surface area contributed by atoms with Crippen LogP contribution in [0.5, 0.6) is 0 Å². The smallest absolute Gasteiger partial charge is 0.106 e. The molecule has 1 aromatic rings. The summed E-state index contributed by atoms with van der Waals surface area (Å²) >= 11 is 1.71. The van der Waals surface area contributed by atoms with Crippen LogP contribution in [0.2, 0.25) is 0 Å². The van der Waals surface area contributed by atoms with Crippen LogP contribution in [0.1, 0.15) is 18.9 Å². The largest absolute Gasteiger partial charge is 0.309 e. The second-order valence-electron chi connectivity index (χ2n) is 3.13. The molecule has 0 aliphatic heterocycles. The first-order valence-electron chi connectivity index (χ1n) is 5.18. The Morgan fingerprint density at radius 2 is 2.21 bits per heavy atom. The van der Waals surface area contributed by atoms with Crippen molar-refractivity contribution in [1.29, 1.82) is 0 Å². The lowest BCUT2D eigenvalue weighted by atomic mass is 10.4. The molecule has 0 fully saturated rings. The standard InChI is InChI=1S/C10H19N3S/c1-3-13(4-2)7-5-11-9-10-12-6-8-14-10/h6,8,11H,3-5,7,9H2,1-2H3. The molecule has 1 heterocycles. The summed E-state index contributed by atoms with van der Waals surface area (Å²) in [6.07, 6.45) is 1.85. The summed E-state index contributed by atoms with van der Waals surface area (Å²) in [6, 6.07) is 0. The monoisotopic (exact) mass is 213 g/mol. The molecular formula is C10H19N3S. The first-order valence-corrected chi connectivity index (χ1v) is 6.06. The SMILES string of the molecule is CCN(CC)CCNCc1nccs1. The zero-order chi connectivity index (χ0) is 10.2. The molecule has 14 heavy (non-hydrogen) atoms. The summed E-state index contributed by atoms with van der Waals surface area (Å²) in [4.78, 5) is 6.63. The van der Waals surface area contributed by atoms with Gasteiger partial charge < -0.3 is 10.2 Å². The molecular weight excluding hydrogens is 194 g/mol. The van der Waals surface area contributed by atoms with Crippen molar-refractivity contribution in [1.82, 2.24) is 15.2 Å². The fourth-order valence-corrected chi connectivity index (χ4v) is 1.90. The van der Waals surface area contributed by atoms with Crippen LogP contribution in [0.15, 0.2) is 11.6 Å². The van der Waals surface area contributed by atoms with E-state index >= 15 is 0 Å². The molecule has 0 spiro atoms. The van der Waals surface area contributed by atoms with Crippen molar-refractivity contribution in [2.45, 2.75) is 20.4 Å². The van der Waals surface area contributed by atoms with Gasteiger partial charge in [0.2, 0.25) is 0 Å². The Kier molecular flexibility index (Phi) is 5.75. The van der Waals surface area contributed by atoms with E-state index in [1.807, 2.05) is 11.6 Å². The van der Waals surface area contributed by atoms with Crippen LogP contribution in [0.25, 0.3) is 0 Å². The summed E-state index contributed by atoms with van der Waals surface area (Å²) < 4.78 is 0. The van der Waals surface area contributed by atoms with Crippen LogP contribution in [-0.4, -0.2) is 36.1 Å². The maximum atomic E-state index is 4.22. The molecule has 3 nitrogen and oxygen atoms in total. The highest BCUT2D eigenvalue weighted by molar-refractivity contribution is 7.09. The van der Waals surface area contributed by atoms with Gasteiger partial charge in [-0.2, -0.15) is 0 Å². The molecule has 0 aliphatic rings. The van der Waals surface area contributed by atoms with Crippen LogP contribution in [-0.2, 0) is 6.54 Å². The number of rotatable bonds is 7. The lowest BCUT2D eigenvalue weighted by molar-refractivity contribution is 0.302. The minimum Gasteiger partial charge on any atom is -0.309 e. The topological polar surface area (TPSA) is 28.2 Å². The fourth-order valence-electron chi connectivity index (χ4n) is 1.31. The van der Waals surface area contributed by atoms with Gasteiger partial charge in [0, 0.05) is 31.2 Å². The summed E-state index contributed by atoms with van der Waals surface area (Å²) in [5.74, 6) is 0. The molecule has 1 N–H and O–H groups in total. The normalized spacial score (nSPS) is 11.1. The predicted molar refractivity (Wildman–Crippen MR) is 61.6 cm³/mol. The van der Waals surface area contributed by atoms with Crippen molar-refractivity contribution >= 4 is 11.3 Å². The Morgan fingerprint density at radius 3 is 2.79 bits per heavy atom. The molecule has 1 aromatic heterocycles. The van der Waals surface area contributed by atoms with E-state index in [0.29, 0.717) is 0 Å². The van der Waals surface area contributed by atoms with Gasteiger partial charge in [0.1, 0.15) is 5.01 Å². The molecule has 0 saturated carbocycles. The molecule has 0 unspecified atom stereocenters. The molecule has 1 rings (SSSR count). The number of aromatic nitrogens is 1. The summed E-state index contributed by atoms with van der Waals surface area (Å²) in [5, 5.41) is 6.58. The Balaban J connectivity index is 2.04. The van der Waals surface area contributed by atoms with Gasteiger partial charge in [-0.1, -0.05) is 13.8 Å². The molecule has 0 radical (unpaired) electrons. The zero-order valence-electron chi connectivity index (χ0n) is 8.99. The van der Waals surface area contributed by atoms with E-state index in [9.17, 15) is 0 Å². The van der Waals surface area contributed by atoms with Gasteiger partial charge in [0.25, 0.3) is 0 Å². The quantitative estimate of drug-likeness (QED) is 0.697. The second kappa shape index (κ2) is 6.92. The summed E-state index contributed by atoms with van der Waals surface area (Å²) in [7, 11) is 0. The second-order valence-corrected chi connectivity index (χ2v) is 4.11. The highest BCUT2D eigenvalue weighted by Crippen LogP contribution is 2.02. The van der Waals surface area contributed by atoms with Gasteiger partial charge in [-0.3, -0.25) is 0 Å². The van der Waals surface area contributed by atoms with E-state index in [1.54, 1.807) is 11.3 Å². The fraction of sp³-hybridized carbons (Fsp3) is 0.700. The number of hydrogen-bond acceptors (Lipinski definition) is 4. The number of hydrogen-bond donors (Lipinski definition) is 1. The maximum absolute atomic E-state index is 4.22. The van der Waals surface area contributed by atoms with Crippen LogP contribution >= 0.6 is 11.3 Å². The Morgan fingerprint density at radius 1 is 1.43 bits per heavy atom. The van der Waals surface area contributed by atoms with E-state index in [0.717, 1.165) is 32.7 Å². The minimum atomic E-state index is 0.902. The molecule has 0 aliphatic carbocycles. The van der Waals surface area contributed by atoms with E-state index in [4.69, 9.17) is 0 Å². The van der Waals surface area contributed by atoms with Gasteiger partial charge in [-0.15, -0.1) is 11.3 Å². The third kappa shape index (κ3) is 4.17. The van der Waals surface area contributed by atoms with E-state index in [-0.39, 0.29) is 0 Å². The number of nitrogens with zero attached hydrogens (tertiary/aromatic N) is 2. The molecule has 4 heteroatoms. The number of nitrogens with one attached hydrogen (secondary N) is 1. The summed E-state index contributed by atoms with van der Waals surface area (Å²) in [6.45, 7) is 9.73. The first-order chi connectivity index (χ1) is 6.86. The lowest BCUT2D eigenvalue weighted by Crippen LogP contribution is -2.31. The molecule has 0 saturated heterocycles. The third-order valence-corrected chi connectivity index (χ3v) is 3.04. The lowest BCUT2D eigenvalue weighted by Gasteiger charge is -2.17. The van der Waals surface area contributed by atoms with Gasteiger partial charge in [-0.25, -0.2) is 4.98 Å². The molecule has 0 amide bonds. The molecule has 0 atom stereocenters. The van der Waals surface area contributed by atoms with Crippen molar-refractivity contribution in [2.24, 2.45) is 0 Å². The average Bonchev–Trinajstić information content (AvgIpc) is 2.71. The van der Waals surface area contributed by atoms with Crippen molar-refractivity contribution in [3.05, 3.63) is 16.6 Å². The van der Waals surface area contributed by atoms with Gasteiger partial charge >= 0.3 is 0 Å². The van der Waals surface area contributed by atoms with Gasteiger partial charge in [0.05, 0.1) is 0 Å². The predicted octanol–water partition coefficient (Wildman–Crippen LogP) is 1.57.